The highest BCUT2D eigenvalue weighted by Gasteiger charge is 2.39. The van der Waals surface area contributed by atoms with E-state index in [9.17, 15) is 27.6 Å². The summed E-state index contributed by atoms with van der Waals surface area (Å²) in [5.41, 5.74) is 4.38. The van der Waals surface area contributed by atoms with E-state index < -0.39 is 23.7 Å². The number of carbonyl (C=O) groups excluding carboxylic acids is 3. The van der Waals surface area contributed by atoms with Gasteiger partial charge in [-0.2, -0.15) is 18.4 Å². The van der Waals surface area contributed by atoms with Gasteiger partial charge in [-0.25, -0.2) is 0 Å². The summed E-state index contributed by atoms with van der Waals surface area (Å²) in [5.74, 6) is 0.302. The number of rotatable bonds is 10. The topological polar surface area (TPSA) is 106 Å². The number of alkyl halides is 3. The van der Waals surface area contributed by atoms with Crippen molar-refractivity contribution in [1.29, 1.82) is 5.26 Å². The average Bonchev–Trinajstić information content (AvgIpc) is 3.49. The molecule has 7 rings (SSSR count). The summed E-state index contributed by atoms with van der Waals surface area (Å²) in [7, 11) is 0. The van der Waals surface area contributed by atoms with Crippen LogP contribution in [0.5, 0.6) is 5.75 Å². The Bertz CT molecular complexity index is 1950. The molecule has 4 heterocycles. The monoisotopic (exact) mass is 725 g/mol. The normalized spacial score (nSPS) is 19.8. The molecule has 2 fully saturated rings. The highest BCUT2D eigenvalue weighted by Crippen LogP contribution is 2.37. The van der Waals surface area contributed by atoms with E-state index in [4.69, 9.17) is 10.00 Å². The second-order valence-corrected chi connectivity index (χ2v) is 14.3. The zero-order valence-corrected chi connectivity index (χ0v) is 29.5. The number of carbonyl (C=O) groups is 3. The van der Waals surface area contributed by atoms with Crippen LogP contribution in [-0.4, -0.2) is 72.9 Å². The van der Waals surface area contributed by atoms with Crippen molar-refractivity contribution in [2.24, 2.45) is 0 Å². The molecule has 3 aromatic rings. The number of fused-ring (bicyclic) bond motifs is 1. The highest BCUT2D eigenvalue weighted by molar-refractivity contribution is 6.05. The summed E-state index contributed by atoms with van der Waals surface area (Å²) < 4.78 is 46.4. The van der Waals surface area contributed by atoms with Crippen molar-refractivity contribution >= 4 is 29.0 Å². The third kappa shape index (κ3) is 8.10. The van der Waals surface area contributed by atoms with Crippen molar-refractivity contribution in [3.63, 3.8) is 0 Å². The summed E-state index contributed by atoms with van der Waals surface area (Å²) in [5, 5.41) is 11.4. The first kappa shape index (κ1) is 36.2. The van der Waals surface area contributed by atoms with Crippen LogP contribution in [0.1, 0.15) is 89.0 Å². The van der Waals surface area contributed by atoms with Gasteiger partial charge >= 0.3 is 6.18 Å². The number of nitriles is 1. The summed E-state index contributed by atoms with van der Waals surface area (Å²) in [6.45, 7) is 5.07. The Morgan fingerprint density at radius 3 is 2.40 bits per heavy atom. The zero-order chi connectivity index (χ0) is 37.1. The molecule has 0 aromatic heterocycles. The number of anilines is 1. The molecule has 53 heavy (non-hydrogen) atoms. The Kier molecular flexibility index (Phi) is 10.6. The summed E-state index contributed by atoms with van der Waals surface area (Å²) in [6, 6.07) is 19.1. The second-order valence-electron chi connectivity index (χ2n) is 14.3. The molecule has 1 unspecified atom stereocenters. The lowest BCUT2D eigenvalue weighted by Gasteiger charge is -2.34. The third-order valence-corrected chi connectivity index (χ3v) is 11.0. The van der Waals surface area contributed by atoms with Gasteiger partial charge in [-0.05, 0) is 116 Å². The number of hydrogen-bond donors (Lipinski definition) is 1. The summed E-state index contributed by atoms with van der Waals surface area (Å²) in [4.78, 5) is 43.0. The highest BCUT2D eigenvalue weighted by atomic mass is 19.4. The van der Waals surface area contributed by atoms with Crippen LogP contribution in [-0.2, 0) is 22.3 Å². The van der Waals surface area contributed by atoms with E-state index >= 15 is 0 Å². The Morgan fingerprint density at radius 2 is 1.70 bits per heavy atom. The van der Waals surface area contributed by atoms with E-state index in [0.29, 0.717) is 49.8 Å². The SMILES string of the molecule is N#Cc1ccc(N2CCC(c3ccc(OCCCCN4CC=C(c5ccc6c(c5)CN(C5CCC(=O)NC5=O)C6=O)CC4)cc3)CC2)cc1C(F)(F)F. The molecule has 9 nitrogen and oxygen atoms in total. The van der Waals surface area contributed by atoms with Crippen molar-refractivity contribution in [3.05, 3.63) is 100 Å². The van der Waals surface area contributed by atoms with Crippen molar-refractivity contribution in [2.75, 3.05) is 44.2 Å². The number of hydrogen-bond acceptors (Lipinski definition) is 7. The minimum atomic E-state index is -4.57. The predicted molar refractivity (Wildman–Crippen MR) is 193 cm³/mol. The summed E-state index contributed by atoms with van der Waals surface area (Å²) in [6.07, 6.45) is 2.81. The van der Waals surface area contributed by atoms with Gasteiger partial charge in [0.2, 0.25) is 11.8 Å². The number of benzene rings is 3. The Balaban J connectivity index is 0.817. The molecule has 12 heteroatoms. The van der Waals surface area contributed by atoms with Crippen LogP contribution in [0.2, 0.25) is 0 Å². The predicted octanol–water partition coefficient (Wildman–Crippen LogP) is 6.67. The quantitative estimate of drug-likeness (QED) is 0.184. The molecule has 276 valence electrons. The fourth-order valence-electron chi connectivity index (χ4n) is 7.95. The second kappa shape index (κ2) is 15.4. The van der Waals surface area contributed by atoms with Gasteiger partial charge in [0.25, 0.3) is 5.91 Å². The molecule has 1 N–H and O–H groups in total. The van der Waals surface area contributed by atoms with Crippen LogP contribution >= 0.6 is 0 Å². The number of halogens is 3. The van der Waals surface area contributed by atoms with E-state index in [-0.39, 0.29) is 23.8 Å². The largest absolute Gasteiger partial charge is 0.494 e. The van der Waals surface area contributed by atoms with Crippen LogP contribution in [0, 0.1) is 11.3 Å². The molecule has 0 saturated carbocycles. The van der Waals surface area contributed by atoms with Crippen LogP contribution in [0.3, 0.4) is 0 Å². The molecule has 3 aromatic carbocycles. The zero-order valence-electron chi connectivity index (χ0n) is 29.5. The summed E-state index contributed by atoms with van der Waals surface area (Å²) >= 11 is 0. The van der Waals surface area contributed by atoms with Gasteiger partial charge < -0.3 is 14.5 Å². The number of imide groups is 1. The van der Waals surface area contributed by atoms with Crippen LogP contribution in [0.4, 0.5) is 18.9 Å². The van der Waals surface area contributed by atoms with E-state index in [0.717, 1.165) is 74.7 Å². The van der Waals surface area contributed by atoms with E-state index in [1.807, 2.05) is 29.2 Å². The number of nitrogens with zero attached hydrogens (tertiary/aromatic N) is 4. The third-order valence-electron chi connectivity index (χ3n) is 11.0. The first-order chi connectivity index (χ1) is 25.6. The van der Waals surface area contributed by atoms with Gasteiger partial charge in [-0.3, -0.25) is 24.6 Å². The number of unbranched alkanes of at least 4 members (excludes halogenated alkanes) is 1. The Hall–Kier alpha value is -5.15. The van der Waals surface area contributed by atoms with Gasteiger partial charge in [-0.15, -0.1) is 0 Å². The van der Waals surface area contributed by atoms with Crippen LogP contribution in [0.15, 0.2) is 66.7 Å². The van der Waals surface area contributed by atoms with Crippen molar-refractivity contribution < 1.29 is 32.3 Å². The van der Waals surface area contributed by atoms with E-state index in [1.54, 1.807) is 17.0 Å². The number of amides is 3. The number of piperidine rings is 2. The Labute approximate surface area is 307 Å². The first-order valence-electron chi connectivity index (χ1n) is 18.4. The maximum atomic E-state index is 13.4. The standard InChI is InChI=1S/C41H42F3N5O4/c42-41(43,44)36-24-33(7-3-31(36)25-45)48-20-15-28(16-21-48)27-4-8-34(9-5-27)53-22-2-1-17-47-18-13-29(14-19-47)30-6-10-35-32(23-30)26-49(40(35)52)37-11-12-38(50)46-39(37)51/h3-10,13,23-24,28,37H,1-2,11-12,14-22,26H2,(H,46,50,51). The number of nitrogens with one attached hydrogen (secondary N) is 1. The van der Waals surface area contributed by atoms with Crippen molar-refractivity contribution in [2.45, 2.75) is 69.6 Å². The molecule has 0 aliphatic carbocycles. The lowest BCUT2D eigenvalue weighted by molar-refractivity contribution is -0.138. The molecule has 3 amide bonds. The van der Waals surface area contributed by atoms with Gasteiger partial charge in [0.1, 0.15) is 11.8 Å². The maximum Gasteiger partial charge on any atom is 0.417 e. The van der Waals surface area contributed by atoms with E-state index in [1.165, 1.54) is 17.2 Å². The molecule has 0 bridgehead atoms. The van der Waals surface area contributed by atoms with Gasteiger partial charge in [0, 0.05) is 50.4 Å². The molecule has 4 aliphatic heterocycles. The molecular weight excluding hydrogens is 683 g/mol. The molecule has 0 spiro atoms. The van der Waals surface area contributed by atoms with Crippen LogP contribution in [0.25, 0.3) is 5.57 Å². The molecule has 1 atom stereocenters. The van der Waals surface area contributed by atoms with E-state index in [2.05, 4.69) is 34.5 Å². The molecule has 0 radical (unpaired) electrons. The molecule has 4 aliphatic rings. The molecular formula is C41H42F3N5O4. The van der Waals surface area contributed by atoms with Crippen LogP contribution < -0.4 is 15.0 Å². The first-order valence-corrected chi connectivity index (χ1v) is 18.4. The fraction of sp³-hybridized carbons (Fsp3) is 0.415. The van der Waals surface area contributed by atoms with Gasteiger partial charge in [-0.1, -0.05) is 24.3 Å². The van der Waals surface area contributed by atoms with Gasteiger partial charge in [0.15, 0.2) is 0 Å². The Morgan fingerprint density at radius 1 is 0.906 bits per heavy atom. The minimum absolute atomic E-state index is 0.155. The lowest BCUT2D eigenvalue weighted by atomic mass is 9.89. The smallest absolute Gasteiger partial charge is 0.417 e. The molecule has 2 saturated heterocycles. The van der Waals surface area contributed by atoms with Crippen molar-refractivity contribution in [1.82, 2.24) is 15.1 Å². The fourth-order valence-corrected chi connectivity index (χ4v) is 7.95. The number of ether oxygens (including phenoxy) is 1. The maximum absolute atomic E-state index is 13.4. The lowest BCUT2D eigenvalue weighted by Crippen LogP contribution is -2.52. The van der Waals surface area contributed by atoms with Crippen molar-refractivity contribution in [3.8, 4) is 11.8 Å². The minimum Gasteiger partial charge on any atom is -0.494 e. The average molecular weight is 726 g/mol. The van der Waals surface area contributed by atoms with Gasteiger partial charge in [0.05, 0.1) is 23.8 Å².